The van der Waals surface area contributed by atoms with Crippen molar-refractivity contribution in [3.8, 4) is 5.75 Å². The summed E-state index contributed by atoms with van der Waals surface area (Å²) in [5, 5.41) is 2.86. The standard InChI is InChI=1S/C23H23N3O5S/c1-16-25-18(15-32-16)13-30-20-9-5-6-17(12-20)23(29)31-14-22(28)26(11-10-21(24)27)19-7-3-2-4-8-19/h2-9,12,15H,10-11,13-14H2,1H3,(H2,24,27). The van der Waals surface area contributed by atoms with E-state index in [-0.39, 0.29) is 25.1 Å². The van der Waals surface area contributed by atoms with Gasteiger partial charge < -0.3 is 20.1 Å². The van der Waals surface area contributed by atoms with Crippen LogP contribution in [-0.2, 0) is 20.9 Å². The van der Waals surface area contributed by atoms with E-state index >= 15 is 0 Å². The molecule has 0 saturated heterocycles. The van der Waals surface area contributed by atoms with E-state index in [1.54, 1.807) is 48.5 Å². The summed E-state index contributed by atoms with van der Waals surface area (Å²) in [5.74, 6) is -1.16. The maximum atomic E-state index is 12.7. The van der Waals surface area contributed by atoms with Crippen LogP contribution in [0, 0.1) is 6.92 Å². The first-order chi connectivity index (χ1) is 15.4. The Kier molecular flexibility index (Phi) is 7.93. The monoisotopic (exact) mass is 453 g/mol. The van der Waals surface area contributed by atoms with Gasteiger partial charge in [0.25, 0.3) is 5.91 Å². The van der Waals surface area contributed by atoms with Crippen molar-refractivity contribution in [2.75, 3.05) is 18.1 Å². The topological polar surface area (TPSA) is 112 Å². The van der Waals surface area contributed by atoms with Crippen molar-refractivity contribution in [3.05, 3.63) is 76.2 Å². The molecule has 0 fully saturated rings. The molecule has 1 heterocycles. The lowest BCUT2D eigenvalue weighted by Crippen LogP contribution is -2.37. The van der Waals surface area contributed by atoms with Crippen LogP contribution in [0.25, 0.3) is 0 Å². The van der Waals surface area contributed by atoms with Crippen molar-refractivity contribution in [3.63, 3.8) is 0 Å². The van der Waals surface area contributed by atoms with Gasteiger partial charge in [0.1, 0.15) is 12.4 Å². The fraction of sp³-hybridized carbons (Fsp3) is 0.217. The average molecular weight is 454 g/mol. The highest BCUT2D eigenvalue weighted by Crippen LogP contribution is 2.18. The summed E-state index contributed by atoms with van der Waals surface area (Å²) in [5.41, 5.74) is 6.87. The minimum absolute atomic E-state index is 0.00746. The van der Waals surface area contributed by atoms with Gasteiger partial charge in [-0.25, -0.2) is 9.78 Å². The number of carbonyl (C=O) groups excluding carboxylic acids is 3. The fourth-order valence-electron chi connectivity index (χ4n) is 2.86. The van der Waals surface area contributed by atoms with E-state index in [0.717, 1.165) is 10.7 Å². The van der Waals surface area contributed by atoms with E-state index in [2.05, 4.69) is 4.98 Å². The van der Waals surface area contributed by atoms with Crippen molar-refractivity contribution in [1.82, 2.24) is 4.98 Å². The third kappa shape index (κ3) is 6.64. The molecule has 0 saturated carbocycles. The molecule has 0 atom stereocenters. The highest BCUT2D eigenvalue weighted by Gasteiger charge is 2.19. The van der Waals surface area contributed by atoms with Gasteiger partial charge in [0.05, 0.1) is 16.3 Å². The molecule has 3 rings (SSSR count). The van der Waals surface area contributed by atoms with Crippen molar-refractivity contribution in [2.24, 2.45) is 5.73 Å². The van der Waals surface area contributed by atoms with Crippen molar-refractivity contribution in [2.45, 2.75) is 20.0 Å². The number of anilines is 1. The lowest BCUT2D eigenvalue weighted by molar-refractivity contribution is -0.121. The largest absolute Gasteiger partial charge is 0.487 e. The zero-order valence-electron chi connectivity index (χ0n) is 17.5. The normalized spacial score (nSPS) is 10.4. The minimum Gasteiger partial charge on any atom is -0.487 e. The average Bonchev–Trinajstić information content (AvgIpc) is 3.22. The summed E-state index contributed by atoms with van der Waals surface area (Å²) in [4.78, 5) is 42.0. The number of primary amides is 1. The van der Waals surface area contributed by atoms with E-state index in [9.17, 15) is 14.4 Å². The van der Waals surface area contributed by atoms with Crippen LogP contribution >= 0.6 is 11.3 Å². The third-order valence-corrected chi connectivity index (χ3v) is 5.22. The Balaban J connectivity index is 1.59. The number of benzene rings is 2. The summed E-state index contributed by atoms with van der Waals surface area (Å²) in [6, 6.07) is 15.3. The predicted octanol–water partition coefficient (Wildman–Crippen LogP) is 3.10. The number of carbonyl (C=O) groups is 3. The number of para-hydroxylation sites is 1. The molecule has 0 bridgehead atoms. The van der Waals surface area contributed by atoms with Gasteiger partial charge in [-0.15, -0.1) is 11.3 Å². The molecule has 2 aromatic carbocycles. The molecule has 8 nitrogen and oxygen atoms in total. The molecule has 0 unspecified atom stereocenters. The van der Waals surface area contributed by atoms with Crippen molar-refractivity contribution >= 4 is 34.8 Å². The smallest absolute Gasteiger partial charge is 0.338 e. The number of aromatic nitrogens is 1. The summed E-state index contributed by atoms with van der Waals surface area (Å²) < 4.78 is 10.9. The first-order valence-corrected chi connectivity index (χ1v) is 10.7. The molecule has 0 radical (unpaired) electrons. The lowest BCUT2D eigenvalue weighted by Gasteiger charge is -2.22. The van der Waals surface area contributed by atoms with Gasteiger partial charge >= 0.3 is 5.97 Å². The molecule has 166 valence electrons. The first-order valence-electron chi connectivity index (χ1n) is 9.87. The summed E-state index contributed by atoms with van der Waals surface area (Å²) in [6.07, 6.45) is -0.00746. The van der Waals surface area contributed by atoms with Gasteiger partial charge in [-0.1, -0.05) is 24.3 Å². The zero-order valence-corrected chi connectivity index (χ0v) is 18.3. The Morgan fingerprint density at radius 2 is 1.88 bits per heavy atom. The Labute approximate surface area is 189 Å². The Morgan fingerprint density at radius 3 is 2.56 bits per heavy atom. The van der Waals surface area contributed by atoms with Crippen LogP contribution in [0.5, 0.6) is 5.75 Å². The summed E-state index contributed by atoms with van der Waals surface area (Å²) in [7, 11) is 0. The molecule has 0 aliphatic heterocycles. The quantitative estimate of drug-likeness (QED) is 0.472. The van der Waals surface area contributed by atoms with Crippen LogP contribution in [0.4, 0.5) is 5.69 Å². The van der Waals surface area contributed by atoms with Gasteiger partial charge in [-0.3, -0.25) is 9.59 Å². The maximum Gasteiger partial charge on any atom is 0.338 e. The number of ether oxygens (including phenoxy) is 2. The molecule has 3 aromatic rings. The Morgan fingerprint density at radius 1 is 1.09 bits per heavy atom. The number of nitrogens with two attached hydrogens (primary N) is 1. The van der Waals surface area contributed by atoms with Gasteiger partial charge in [0, 0.05) is 24.0 Å². The number of esters is 1. The second-order valence-corrected chi connectivity index (χ2v) is 7.91. The lowest BCUT2D eigenvalue weighted by atomic mass is 10.2. The van der Waals surface area contributed by atoms with E-state index in [1.165, 1.54) is 16.2 Å². The summed E-state index contributed by atoms with van der Waals surface area (Å²) in [6.45, 7) is 1.82. The third-order valence-electron chi connectivity index (χ3n) is 4.40. The molecule has 0 spiro atoms. The maximum absolute atomic E-state index is 12.7. The number of nitrogens with zero attached hydrogens (tertiary/aromatic N) is 2. The first kappa shape index (κ1) is 23.0. The van der Waals surface area contributed by atoms with Gasteiger partial charge in [-0.2, -0.15) is 0 Å². The zero-order chi connectivity index (χ0) is 22.9. The molecular formula is C23H23N3O5S. The molecular weight excluding hydrogens is 430 g/mol. The van der Waals surface area contributed by atoms with Crippen molar-refractivity contribution < 1.29 is 23.9 Å². The number of amides is 2. The van der Waals surface area contributed by atoms with Gasteiger partial charge in [-0.05, 0) is 37.3 Å². The van der Waals surface area contributed by atoms with E-state index in [0.29, 0.717) is 11.4 Å². The van der Waals surface area contributed by atoms with Crippen LogP contribution in [-0.4, -0.2) is 35.9 Å². The molecule has 2 N–H and O–H groups in total. The SMILES string of the molecule is Cc1nc(COc2cccc(C(=O)OCC(=O)N(CCC(N)=O)c3ccccc3)c2)cs1. The number of hydrogen-bond acceptors (Lipinski definition) is 7. The predicted molar refractivity (Wildman–Crippen MR) is 121 cm³/mol. The number of hydrogen-bond donors (Lipinski definition) is 1. The van der Waals surface area contributed by atoms with E-state index in [1.807, 2.05) is 18.4 Å². The highest BCUT2D eigenvalue weighted by molar-refractivity contribution is 7.09. The van der Waals surface area contributed by atoms with Crippen LogP contribution in [0.3, 0.4) is 0 Å². The molecule has 1 aromatic heterocycles. The second kappa shape index (κ2) is 11.1. The molecule has 0 aliphatic carbocycles. The van der Waals surface area contributed by atoms with E-state index < -0.39 is 24.4 Å². The number of rotatable bonds is 10. The molecule has 2 amide bonds. The second-order valence-electron chi connectivity index (χ2n) is 6.85. The molecule has 32 heavy (non-hydrogen) atoms. The molecule has 0 aliphatic rings. The minimum atomic E-state index is -0.656. The van der Waals surface area contributed by atoms with Crippen LogP contribution < -0.4 is 15.4 Å². The van der Waals surface area contributed by atoms with E-state index in [4.69, 9.17) is 15.2 Å². The van der Waals surface area contributed by atoms with Gasteiger partial charge in [0.15, 0.2) is 6.61 Å². The van der Waals surface area contributed by atoms with Crippen LogP contribution in [0.1, 0.15) is 27.5 Å². The summed E-state index contributed by atoms with van der Waals surface area (Å²) >= 11 is 1.54. The Hall–Kier alpha value is -3.72. The number of aryl methyl sites for hydroxylation is 1. The fourth-order valence-corrected chi connectivity index (χ4v) is 3.46. The molecule has 9 heteroatoms. The van der Waals surface area contributed by atoms with Gasteiger partial charge in [0.2, 0.25) is 5.91 Å². The van der Waals surface area contributed by atoms with Crippen LogP contribution in [0.15, 0.2) is 60.0 Å². The van der Waals surface area contributed by atoms with Crippen LogP contribution in [0.2, 0.25) is 0 Å². The number of thiazole rings is 1. The Bertz CT molecular complexity index is 1080. The van der Waals surface area contributed by atoms with Crippen molar-refractivity contribution in [1.29, 1.82) is 0 Å². The highest BCUT2D eigenvalue weighted by atomic mass is 32.1.